The predicted octanol–water partition coefficient (Wildman–Crippen LogP) is 2.26. The first-order valence-corrected chi connectivity index (χ1v) is 7.55. The van der Waals surface area contributed by atoms with Gasteiger partial charge >= 0.3 is 6.03 Å². The van der Waals surface area contributed by atoms with E-state index in [1.807, 2.05) is 31.2 Å². The van der Waals surface area contributed by atoms with Gasteiger partial charge in [-0.25, -0.2) is 9.78 Å². The van der Waals surface area contributed by atoms with E-state index in [2.05, 4.69) is 15.6 Å². The van der Waals surface area contributed by atoms with Crippen LogP contribution < -0.4 is 10.6 Å². The zero-order valence-corrected chi connectivity index (χ0v) is 12.2. The molecule has 0 aliphatic heterocycles. The highest BCUT2D eigenvalue weighted by molar-refractivity contribution is 7.18. The Hall–Kier alpha value is -1.66. The number of fused-ring (bicyclic) bond motifs is 1. The van der Waals surface area contributed by atoms with Gasteiger partial charge in [0.1, 0.15) is 5.01 Å². The molecule has 1 unspecified atom stereocenters. The van der Waals surface area contributed by atoms with Crippen molar-refractivity contribution >= 4 is 27.6 Å². The molecule has 0 radical (unpaired) electrons. The first-order chi connectivity index (χ1) is 9.69. The van der Waals surface area contributed by atoms with Gasteiger partial charge in [0.25, 0.3) is 0 Å². The van der Waals surface area contributed by atoms with E-state index < -0.39 is 6.10 Å². The third-order valence-corrected chi connectivity index (χ3v) is 3.89. The van der Waals surface area contributed by atoms with Crippen LogP contribution in [0.2, 0.25) is 0 Å². The molecule has 6 heteroatoms. The number of thiazole rings is 1. The van der Waals surface area contributed by atoms with Crippen LogP contribution >= 0.6 is 11.3 Å². The van der Waals surface area contributed by atoms with E-state index in [0.29, 0.717) is 13.0 Å². The number of nitrogens with zero attached hydrogens (tertiary/aromatic N) is 1. The van der Waals surface area contributed by atoms with Crippen LogP contribution in [0.1, 0.15) is 24.8 Å². The summed E-state index contributed by atoms with van der Waals surface area (Å²) >= 11 is 1.57. The van der Waals surface area contributed by atoms with E-state index in [1.165, 1.54) is 0 Å². The summed E-state index contributed by atoms with van der Waals surface area (Å²) < 4.78 is 1.11. The Kier molecular flexibility index (Phi) is 5.31. The van der Waals surface area contributed by atoms with Crippen molar-refractivity contribution in [3.8, 4) is 0 Å². The van der Waals surface area contributed by atoms with E-state index in [4.69, 9.17) is 0 Å². The minimum absolute atomic E-state index is 0.277. The topological polar surface area (TPSA) is 74.2 Å². The number of rotatable bonds is 6. The van der Waals surface area contributed by atoms with E-state index in [9.17, 15) is 9.90 Å². The number of benzene rings is 1. The number of hydrogen-bond acceptors (Lipinski definition) is 4. The maximum atomic E-state index is 11.6. The lowest BCUT2D eigenvalue weighted by molar-refractivity contribution is 0.160. The second-order valence-corrected chi connectivity index (χ2v) is 5.70. The number of urea groups is 1. The number of aliphatic hydroxyl groups excluding tert-OH is 1. The van der Waals surface area contributed by atoms with E-state index in [-0.39, 0.29) is 12.6 Å². The highest BCUT2D eigenvalue weighted by Crippen LogP contribution is 2.21. The fourth-order valence-electron chi connectivity index (χ4n) is 1.86. The zero-order chi connectivity index (χ0) is 14.4. The summed E-state index contributed by atoms with van der Waals surface area (Å²) in [4.78, 5) is 16.0. The molecule has 0 saturated carbocycles. The molecule has 0 aliphatic rings. The van der Waals surface area contributed by atoms with Gasteiger partial charge < -0.3 is 15.7 Å². The summed E-state index contributed by atoms with van der Waals surface area (Å²) in [6.07, 6.45) is 1.11. The van der Waals surface area contributed by atoms with Crippen LogP contribution in [0.25, 0.3) is 10.2 Å². The zero-order valence-electron chi connectivity index (χ0n) is 11.4. The number of carbonyl (C=O) groups excluding carboxylic acids is 1. The number of para-hydroxylation sites is 1. The lowest BCUT2D eigenvalue weighted by Gasteiger charge is -2.10. The van der Waals surface area contributed by atoms with E-state index in [1.54, 1.807) is 11.3 Å². The summed E-state index contributed by atoms with van der Waals surface area (Å²) in [7, 11) is 0. The van der Waals surface area contributed by atoms with Gasteiger partial charge in [-0.1, -0.05) is 25.5 Å². The molecule has 2 rings (SSSR count). The molecule has 1 atom stereocenters. The summed E-state index contributed by atoms with van der Waals surface area (Å²) in [5.74, 6) is 0. The molecule has 20 heavy (non-hydrogen) atoms. The SMILES string of the molecule is CCCC(O)CNC(=O)NCc1nc2ccccc2s1. The normalized spacial score (nSPS) is 12.3. The molecule has 3 N–H and O–H groups in total. The average molecular weight is 293 g/mol. The van der Waals surface area contributed by atoms with Crippen LogP contribution in [0.5, 0.6) is 0 Å². The molecule has 0 saturated heterocycles. The quantitative estimate of drug-likeness (QED) is 0.765. The van der Waals surface area contributed by atoms with Gasteiger partial charge in [0, 0.05) is 6.54 Å². The fourth-order valence-corrected chi connectivity index (χ4v) is 2.77. The number of hydrogen-bond donors (Lipinski definition) is 3. The van der Waals surface area contributed by atoms with E-state index in [0.717, 1.165) is 21.6 Å². The Bertz CT molecular complexity index is 537. The Balaban J connectivity index is 1.78. The molecule has 0 fully saturated rings. The Morgan fingerprint density at radius 1 is 1.40 bits per heavy atom. The molecule has 2 aromatic rings. The highest BCUT2D eigenvalue weighted by Gasteiger charge is 2.07. The van der Waals surface area contributed by atoms with Crippen molar-refractivity contribution in [2.75, 3.05) is 6.54 Å². The predicted molar refractivity (Wildman–Crippen MR) is 80.8 cm³/mol. The second-order valence-electron chi connectivity index (χ2n) is 4.58. The molecule has 108 valence electrons. The molecule has 2 amide bonds. The standard InChI is InChI=1S/C14H19N3O2S/c1-2-5-10(18)8-15-14(19)16-9-13-17-11-6-3-4-7-12(11)20-13/h3-4,6-7,10,18H,2,5,8-9H2,1H3,(H2,15,16,19). The number of nitrogens with one attached hydrogen (secondary N) is 2. The van der Waals surface area contributed by atoms with Crippen molar-refractivity contribution in [1.29, 1.82) is 0 Å². The Morgan fingerprint density at radius 2 is 2.20 bits per heavy atom. The Morgan fingerprint density at radius 3 is 2.95 bits per heavy atom. The molecule has 1 aromatic heterocycles. The lowest BCUT2D eigenvalue weighted by Crippen LogP contribution is -2.39. The largest absolute Gasteiger partial charge is 0.391 e. The van der Waals surface area contributed by atoms with Gasteiger partial charge in [-0.2, -0.15) is 0 Å². The van der Waals surface area contributed by atoms with Crippen molar-refractivity contribution in [2.45, 2.75) is 32.4 Å². The van der Waals surface area contributed by atoms with Crippen LogP contribution in [-0.2, 0) is 6.54 Å². The van der Waals surface area contributed by atoms with Gasteiger partial charge in [0.2, 0.25) is 0 Å². The molecule has 5 nitrogen and oxygen atoms in total. The van der Waals surface area contributed by atoms with Crippen molar-refractivity contribution in [1.82, 2.24) is 15.6 Å². The van der Waals surface area contributed by atoms with Crippen LogP contribution in [0.4, 0.5) is 4.79 Å². The Labute approximate surface area is 122 Å². The van der Waals surface area contributed by atoms with Gasteiger partial charge in [-0.15, -0.1) is 11.3 Å². The van der Waals surface area contributed by atoms with Crippen LogP contribution in [0.3, 0.4) is 0 Å². The van der Waals surface area contributed by atoms with Gasteiger partial charge in [0.15, 0.2) is 0 Å². The average Bonchev–Trinajstić information content (AvgIpc) is 2.86. The smallest absolute Gasteiger partial charge is 0.315 e. The summed E-state index contributed by atoms with van der Waals surface area (Å²) in [6, 6.07) is 7.61. The molecular formula is C14H19N3O2S. The van der Waals surface area contributed by atoms with Crippen molar-refractivity contribution in [3.05, 3.63) is 29.3 Å². The number of carbonyl (C=O) groups is 1. The third kappa shape index (κ3) is 4.18. The summed E-state index contributed by atoms with van der Waals surface area (Å²) in [5, 5.41) is 15.8. The maximum Gasteiger partial charge on any atom is 0.315 e. The maximum absolute atomic E-state index is 11.6. The first kappa shape index (κ1) is 14.7. The van der Waals surface area contributed by atoms with E-state index >= 15 is 0 Å². The van der Waals surface area contributed by atoms with Gasteiger partial charge in [-0.3, -0.25) is 0 Å². The minimum Gasteiger partial charge on any atom is -0.391 e. The number of aromatic nitrogens is 1. The lowest BCUT2D eigenvalue weighted by atomic mass is 10.2. The van der Waals surface area contributed by atoms with Crippen molar-refractivity contribution < 1.29 is 9.90 Å². The molecule has 0 spiro atoms. The first-order valence-electron chi connectivity index (χ1n) is 6.73. The summed E-state index contributed by atoms with van der Waals surface area (Å²) in [6.45, 7) is 2.67. The summed E-state index contributed by atoms with van der Waals surface area (Å²) in [5.41, 5.74) is 0.952. The van der Waals surface area contributed by atoms with Crippen LogP contribution in [0, 0.1) is 0 Å². The van der Waals surface area contributed by atoms with Crippen LogP contribution in [0.15, 0.2) is 24.3 Å². The van der Waals surface area contributed by atoms with Crippen LogP contribution in [-0.4, -0.2) is 28.8 Å². The van der Waals surface area contributed by atoms with Crippen molar-refractivity contribution in [3.63, 3.8) is 0 Å². The second kappa shape index (κ2) is 7.21. The van der Waals surface area contributed by atoms with Gasteiger partial charge in [-0.05, 0) is 18.6 Å². The third-order valence-electron chi connectivity index (χ3n) is 2.86. The van der Waals surface area contributed by atoms with Gasteiger partial charge in [0.05, 0.1) is 22.9 Å². The number of amides is 2. The molecule has 1 aromatic carbocycles. The van der Waals surface area contributed by atoms with Crippen molar-refractivity contribution in [2.24, 2.45) is 0 Å². The monoisotopic (exact) mass is 293 g/mol. The fraction of sp³-hybridized carbons (Fsp3) is 0.429. The molecule has 1 heterocycles. The molecule has 0 aliphatic carbocycles. The number of aliphatic hydroxyl groups is 1. The molecule has 0 bridgehead atoms. The highest BCUT2D eigenvalue weighted by atomic mass is 32.1. The molecular weight excluding hydrogens is 274 g/mol. The minimum atomic E-state index is -0.479.